The first-order chi connectivity index (χ1) is 25.0. The first-order valence-electron chi connectivity index (χ1n) is 17.5. The third-order valence-electron chi connectivity index (χ3n) is 11.0. The monoisotopic (exact) mass is 669 g/mol. The van der Waals surface area contributed by atoms with Crippen LogP contribution >= 0.6 is 11.3 Å². The van der Waals surface area contributed by atoms with Gasteiger partial charge in [0.05, 0.1) is 32.8 Å². The van der Waals surface area contributed by atoms with E-state index in [0.717, 1.165) is 38.9 Å². The first kappa shape index (κ1) is 28.7. The summed E-state index contributed by atoms with van der Waals surface area (Å²) in [5.74, 6) is 0.895. The molecule has 11 rings (SSSR count). The third kappa shape index (κ3) is 4.05. The first-order valence-corrected chi connectivity index (χ1v) is 18.3. The number of aromatic nitrogens is 2. The molecule has 0 unspecified atom stereocenters. The number of hydrogen-bond acceptors (Lipinski definition) is 4. The third-order valence-corrected chi connectivity index (χ3v) is 12.1. The molecular formula is C47H31N3S. The Hall–Kier alpha value is -6.10. The Balaban J connectivity index is 1.22. The fourth-order valence-corrected chi connectivity index (χ4v) is 9.83. The highest BCUT2D eigenvalue weighted by Crippen LogP contribution is 2.58. The lowest BCUT2D eigenvalue weighted by molar-refractivity contribution is 0.639. The standard InChI is InChI=1S/C47H31N3S/c1-47(2)36-16-8-9-17-38(36)50(45-42(47)34-14-6-5-13-33(34)41-35-15-7-10-18-39(35)51-46(41)45)40-26-24-30-21-20-29-23-25-37(48-43(29)44(30)49-40)32-22-19-28-11-3-4-12-31(28)27-32/h3-27H,1-2H3. The largest absolute Gasteiger partial charge is 0.293 e. The number of nitrogens with zero attached hydrogens (tertiary/aromatic N) is 3. The van der Waals surface area contributed by atoms with Crippen LogP contribution in [-0.2, 0) is 5.41 Å². The average molecular weight is 670 g/mol. The number of fused-ring (bicyclic) bond motifs is 13. The molecule has 0 radical (unpaired) electrons. The fraction of sp³-hybridized carbons (Fsp3) is 0.0638. The fourth-order valence-electron chi connectivity index (χ4n) is 8.57. The number of pyridine rings is 2. The van der Waals surface area contributed by atoms with E-state index in [0.29, 0.717) is 0 Å². The van der Waals surface area contributed by atoms with Crippen molar-refractivity contribution in [3.8, 4) is 11.3 Å². The molecule has 1 aliphatic rings. The Morgan fingerprint density at radius 1 is 0.549 bits per heavy atom. The van der Waals surface area contributed by atoms with E-state index in [1.54, 1.807) is 0 Å². The number of rotatable bonds is 2. The number of hydrogen-bond donors (Lipinski definition) is 0. The Morgan fingerprint density at radius 3 is 2.06 bits per heavy atom. The minimum Gasteiger partial charge on any atom is -0.293 e. The van der Waals surface area contributed by atoms with E-state index in [9.17, 15) is 0 Å². The van der Waals surface area contributed by atoms with Gasteiger partial charge in [0, 0.05) is 37.2 Å². The van der Waals surface area contributed by atoms with E-state index in [-0.39, 0.29) is 5.41 Å². The summed E-state index contributed by atoms with van der Waals surface area (Å²) < 4.78 is 2.59. The Bertz CT molecular complexity index is 3080. The van der Waals surface area contributed by atoms with Gasteiger partial charge in [0.2, 0.25) is 0 Å². The summed E-state index contributed by atoms with van der Waals surface area (Å²) in [5.41, 5.74) is 8.65. The van der Waals surface area contributed by atoms with Crippen molar-refractivity contribution in [1.29, 1.82) is 0 Å². The van der Waals surface area contributed by atoms with Crippen molar-refractivity contribution in [1.82, 2.24) is 9.97 Å². The van der Waals surface area contributed by atoms with Gasteiger partial charge in [-0.2, -0.15) is 0 Å². The number of thiophene rings is 1. The zero-order chi connectivity index (χ0) is 33.8. The molecule has 0 atom stereocenters. The van der Waals surface area contributed by atoms with E-state index >= 15 is 0 Å². The Kier molecular flexibility index (Phi) is 5.89. The van der Waals surface area contributed by atoms with Crippen molar-refractivity contribution in [2.45, 2.75) is 19.3 Å². The Labute approximate surface area is 299 Å². The molecule has 0 bridgehead atoms. The van der Waals surface area contributed by atoms with Gasteiger partial charge < -0.3 is 0 Å². The molecule has 7 aromatic carbocycles. The molecule has 3 nitrogen and oxygen atoms in total. The van der Waals surface area contributed by atoms with Crippen molar-refractivity contribution in [3.63, 3.8) is 0 Å². The minimum atomic E-state index is -0.244. The van der Waals surface area contributed by atoms with E-state index in [1.165, 1.54) is 64.2 Å². The van der Waals surface area contributed by atoms with E-state index < -0.39 is 0 Å². The molecule has 1 aliphatic heterocycles. The summed E-state index contributed by atoms with van der Waals surface area (Å²) in [7, 11) is 0. The highest BCUT2D eigenvalue weighted by Gasteiger charge is 2.40. The maximum absolute atomic E-state index is 5.57. The zero-order valence-corrected chi connectivity index (χ0v) is 29.0. The van der Waals surface area contributed by atoms with Crippen molar-refractivity contribution in [2.24, 2.45) is 0 Å². The smallest absolute Gasteiger partial charge is 0.138 e. The molecule has 0 N–H and O–H groups in total. The minimum absolute atomic E-state index is 0.244. The summed E-state index contributed by atoms with van der Waals surface area (Å²) in [4.78, 5) is 13.3. The van der Waals surface area contributed by atoms with Crippen molar-refractivity contribution in [2.75, 3.05) is 4.90 Å². The van der Waals surface area contributed by atoms with Gasteiger partial charge in [-0.3, -0.25) is 4.90 Å². The van der Waals surface area contributed by atoms with Crippen LogP contribution in [0.15, 0.2) is 152 Å². The second-order valence-electron chi connectivity index (χ2n) is 14.2. The lowest BCUT2D eigenvalue weighted by Gasteiger charge is -2.42. The second-order valence-corrected chi connectivity index (χ2v) is 15.2. The van der Waals surface area contributed by atoms with Crippen LogP contribution in [0.4, 0.5) is 17.2 Å². The van der Waals surface area contributed by atoms with Gasteiger partial charge in [-0.25, -0.2) is 9.97 Å². The molecule has 0 saturated heterocycles. The molecule has 0 aliphatic carbocycles. The number of anilines is 3. The SMILES string of the molecule is CC1(C)c2ccccc2N(c2ccc3ccc4ccc(-c5ccc6ccccc6c5)nc4c3n2)c2c1c1ccccc1c1c2sc2ccccc21. The molecular weight excluding hydrogens is 639 g/mol. The number of benzene rings is 7. The predicted molar refractivity (Wildman–Crippen MR) is 217 cm³/mol. The summed E-state index contributed by atoms with van der Waals surface area (Å²) in [6.07, 6.45) is 0. The predicted octanol–water partition coefficient (Wildman–Crippen LogP) is 13.2. The topological polar surface area (TPSA) is 29.0 Å². The number of para-hydroxylation sites is 1. The van der Waals surface area contributed by atoms with Crippen LogP contribution in [0.2, 0.25) is 0 Å². The van der Waals surface area contributed by atoms with Gasteiger partial charge in [-0.05, 0) is 69.1 Å². The van der Waals surface area contributed by atoms with Crippen LogP contribution in [0.25, 0.3) is 74.8 Å². The van der Waals surface area contributed by atoms with E-state index in [1.807, 2.05) is 11.3 Å². The van der Waals surface area contributed by atoms with Crippen LogP contribution in [-0.4, -0.2) is 9.97 Å². The van der Waals surface area contributed by atoms with Gasteiger partial charge in [-0.15, -0.1) is 11.3 Å². The van der Waals surface area contributed by atoms with Crippen LogP contribution in [0, 0.1) is 0 Å². The molecule has 240 valence electrons. The maximum Gasteiger partial charge on any atom is 0.138 e. The molecule has 0 amide bonds. The maximum atomic E-state index is 5.57. The summed E-state index contributed by atoms with van der Waals surface area (Å²) in [6.45, 7) is 4.76. The molecule has 3 aromatic heterocycles. The average Bonchev–Trinajstić information content (AvgIpc) is 3.57. The zero-order valence-electron chi connectivity index (χ0n) is 28.2. The molecule has 0 spiro atoms. The molecule has 0 saturated carbocycles. The van der Waals surface area contributed by atoms with Crippen molar-refractivity contribution in [3.05, 3.63) is 163 Å². The summed E-state index contributed by atoms with van der Waals surface area (Å²) in [5, 5.41) is 9.81. The van der Waals surface area contributed by atoms with Crippen molar-refractivity contribution >= 4 is 92.1 Å². The van der Waals surface area contributed by atoms with Gasteiger partial charge in [0.25, 0.3) is 0 Å². The lowest BCUT2D eigenvalue weighted by Crippen LogP contribution is -2.31. The van der Waals surface area contributed by atoms with Gasteiger partial charge in [0.1, 0.15) is 5.82 Å². The van der Waals surface area contributed by atoms with Gasteiger partial charge >= 0.3 is 0 Å². The molecule has 0 fully saturated rings. The van der Waals surface area contributed by atoms with Crippen LogP contribution in [0.1, 0.15) is 25.0 Å². The van der Waals surface area contributed by atoms with Crippen molar-refractivity contribution < 1.29 is 0 Å². The second kappa shape index (κ2) is 10.5. The normalized spacial score (nSPS) is 13.8. The molecule has 10 aromatic rings. The summed E-state index contributed by atoms with van der Waals surface area (Å²) in [6, 6.07) is 54.8. The van der Waals surface area contributed by atoms with E-state index in [4.69, 9.17) is 9.97 Å². The highest BCUT2D eigenvalue weighted by atomic mass is 32.1. The Morgan fingerprint density at radius 2 is 1.20 bits per heavy atom. The van der Waals surface area contributed by atoms with E-state index in [2.05, 4.69) is 170 Å². The lowest BCUT2D eigenvalue weighted by atomic mass is 9.71. The quantitative estimate of drug-likeness (QED) is 0.172. The van der Waals surface area contributed by atoms with Crippen LogP contribution in [0.3, 0.4) is 0 Å². The van der Waals surface area contributed by atoms with Crippen LogP contribution < -0.4 is 4.90 Å². The highest BCUT2D eigenvalue weighted by molar-refractivity contribution is 7.26. The molecule has 51 heavy (non-hydrogen) atoms. The van der Waals surface area contributed by atoms with Gasteiger partial charge in [0.15, 0.2) is 0 Å². The summed E-state index contributed by atoms with van der Waals surface area (Å²) >= 11 is 1.89. The molecule has 4 heterocycles. The van der Waals surface area contributed by atoms with Gasteiger partial charge in [-0.1, -0.05) is 129 Å². The van der Waals surface area contributed by atoms with Crippen LogP contribution in [0.5, 0.6) is 0 Å². The molecule has 4 heteroatoms.